The maximum Gasteiger partial charge on any atom is 0.255 e. The lowest BCUT2D eigenvalue weighted by Gasteiger charge is -2.08. The summed E-state index contributed by atoms with van der Waals surface area (Å²) in [6, 6.07) is 0. The summed E-state index contributed by atoms with van der Waals surface area (Å²) in [4.78, 5) is 2.26. The number of hydrogen-bond donors (Lipinski definition) is 0. The van der Waals surface area contributed by atoms with Crippen LogP contribution in [-0.2, 0) is 0 Å². The third-order valence-corrected chi connectivity index (χ3v) is 2.95. The van der Waals surface area contributed by atoms with Crippen molar-refractivity contribution in [2.75, 3.05) is 20.6 Å². The molecule has 1 nitrogen and oxygen atoms in total. The van der Waals surface area contributed by atoms with E-state index in [1.54, 1.807) is 0 Å². The van der Waals surface area contributed by atoms with Crippen molar-refractivity contribution in [3.05, 3.63) is 0 Å². The summed E-state index contributed by atoms with van der Waals surface area (Å²) in [5.41, 5.74) is 0. The third-order valence-electron chi connectivity index (χ3n) is 1.39. The maximum atomic E-state index is 2.41. The molecule has 0 fully saturated rings. The minimum atomic E-state index is -0.256. The van der Waals surface area contributed by atoms with Gasteiger partial charge in [-0.15, -0.1) is 11.6 Å². The minimum Gasteiger partial charge on any atom is -0.309 e. The quantitative estimate of drug-likeness (QED) is 0.541. The zero-order valence-electron chi connectivity index (χ0n) is 7.15. The molecule has 0 aromatic carbocycles. The molecule has 0 aromatic rings. The molecule has 0 spiro atoms. The Kier molecular flexibility index (Phi) is 5.58. The van der Waals surface area contributed by atoms with E-state index >= 15 is 0 Å². The molecular weight excluding hydrogens is 125 g/mol. The van der Waals surface area contributed by atoms with Gasteiger partial charge in [-0.25, -0.2) is 0 Å². The average molecular weight is 143 g/mol. The first-order chi connectivity index (χ1) is 4.13. The highest BCUT2D eigenvalue weighted by molar-refractivity contribution is 6.55. The van der Waals surface area contributed by atoms with Crippen LogP contribution in [0.25, 0.3) is 0 Å². The molecule has 0 N–H and O–H groups in total. The van der Waals surface area contributed by atoms with Crippen LogP contribution in [0.1, 0.15) is 6.42 Å². The Labute approximate surface area is 63.4 Å². The molecule has 0 aliphatic carbocycles. The molecule has 0 unspecified atom stereocenters. The molecule has 0 aromatic heterocycles. The smallest absolute Gasteiger partial charge is 0.255 e. The van der Waals surface area contributed by atoms with Gasteiger partial charge in [0.05, 0.1) is 0 Å². The summed E-state index contributed by atoms with van der Waals surface area (Å²) in [5, 5.41) is 1.50. The summed E-state index contributed by atoms with van der Waals surface area (Å²) in [6.45, 7) is 1.27. The van der Waals surface area contributed by atoms with Gasteiger partial charge in [0.1, 0.15) is 0 Å². The molecule has 0 atom stereocenters. The second kappa shape index (κ2) is 5.29. The summed E-state index contributed by atoms with van der Waals surface area (Å²) < 4.78 is 0. The Morgan fingerprint density at radius 3 is 2.11 bits per heavy atom. The minimum absolute atomic E-state index is 0.256. The highest BCUT2D eigenvalue weighted by Crippen LogP contribution is 1.96. The second-order valence-electron chi connectivity index (χ2n) is 3.34. The fourth-order valence-electron chi connectivity index (χ4n) is 0.816. The Morgan fingerprint density at radius 1 is 1.22 bits per heavy atom. The molecule has 0 aliphatic heterocycles. The van der Waals surface area contributed by atoms with E-state index in [1.807, 2.05) is 0 Å². The van der Waals surface area contributed by atoms with Crippen LogP contribution in [0.15, 0.2) is 0 Å². The number of hydrogen-bond acceptors (Lipinski definition) is 1. The lowest BCUT2D eigenvalue weighted by molar-refractivity contribution is 0.408. The summed E-state index contributed by atoms with van der Waals surface area (Å²) in [5.74, 6) is 4.82. The van der Waals surface area contributed by atoms with Gasteiger partial charge < -0.3 is 4.90 Å². The Balaban J connectivity index is 2.91. The van der Waals surface area contributed by atoms with Crippen molar-refractivity contribution in [3.63, 3.8) is 0 Å². The van der Waals surface area contributed by atoms with Gasteiger partial charge >= 0.3 is 0 Å². The van der Waals surface area contributed by atoms with Crippen molar-refractivity contribution in [1.29, 1.82) is 0 Å². The van der Waals surface area contributed by atoms with Gasteiger partial charge in [-0.05, 0) is 20.6 Å². The zero-order valence-corrected chi connectivity index (χ0v) is 8.30. The van der Waals surface area contributed by atoms with E-state index in [-0.39, 0.29) is 14.1 Å². The van der Waals surface area contributed by atoms with E-state index < -0.39 is 0 Å². The molecule has 2 heteroatoms. The van der Waals surface area contributed by atoms with Gasteiger partial charge in [0.2, 0.25) is 0 Å². The Hall–Kier alpha value is 0.492. The van der Waals surface area contributed by atoms with Crippen LogP contribution in [0.3, 0.4) is 0 Å². The summed E-state index contributed by atoms with van der Waals surface area (Å²) in [7, 11) is 4.28. The van der Waals surface area contributed by atoms with Crippen LogP contribution in [0.4, 0.5) is 0 Å². The molecule has 0 saturated heterocycles. The normalized spacial score (nSPS) is 10.3. The van der Waals surface area contributed by atoms with Gasteiger partial charge in [0.15, 0.2) is 0 Å². The van der Waals surface area contributed by atoms with Crippen molar-refractivity contribution in [1.82, 2.24) is 4.90 Å². The van der Waals surface area contributed by atoms with Crippen LogP contribution in [0.5, 0.6) is 0 Å². The molecule has 0 bridgehead atoms. The van der Waals surface area contributed by atoms with Crippen molar-refractivity contribution in [3.8, 4) is 0 Å². The molecular formula is C7H18AlN. The first-order valence-electron chi connectivity index (χ1n) is 3.77. The zero-order chi connectivity index (χ0) is 7.28. The monoisotopic (exact) mass is 143 g/mol. The van der Waals surface area contributed by atoms with Crippen molar-refractivity contribution >= 4 is 14.1 Å². The van der Waals surface area contributed by atoms with Crippen LogP contribution in [-0.4, -0.2) is 39.7 Å². The molecule has 54 valence electrons. The molecule has 0 amide bonds. The second-order valence-corrected chi connectivity index (χ2v) is 6.70. The average Bonchev–Trinajstić information content (AvgIpc) is 1.63. The number of nitrogens with zero attached hydrogens (tertiary/aromatic N) is 1. The third kappa shape index (κ3) is 8.49. The highest BCUT2D eigenvalue weighted by Gasteiger charge is 2.00. The van der Waals surface area contributed by atoms with Crippen molar-refractivity contribution in [2.45, 2.75) is 23.3 Å². The fraction of sp³-hybridized carbons (Fsp3) is 1.00. The Morgan fingerprint density at radius 2 is 1.78 bits per heavy atom. The van der Waals surface area contributed by atoms with Crippen molar-refractivity contribution < 1.29 is 0 Å². The van der Waals surface area contributed by atoms with E-state index in [0.29, 0.717) is 0 Å². The van der Waals surface area contributed by atoms with Crippen LogP contribution >= 0.6 is 0 Å². The van der Waals surface area contributed by atoms with Gasteiger partial charge in [-0.2, -0.15) is 0 Å². The van der Waals surface area contributed by atoms with Crippen LogP contribution in [0.2, 0.25) is 16.9 Å². The lowest BCUT2D eigenvalue weighted by atomic mass is 10.5. The SMILES string of the molecule is CN(C)CC[CH2][Al]([CH3])[CH3]. The molecule has 9 heavy (non-hydrogen) atoms. The van der Waals surface area contributed by atoms with E-state index in [9.17, 15) is 0 Å². The molecule has 0 rings (SSSR count). The predicted molar refractivity (Wildman–Crippen MR) is 45.5 cm³/mol. The molecule has 0 radical (unpaired) electrons. The van der Waals surface area contributed by atoms with E-state index in [2.05, 4.69) is 30.6 Å². The standard InChI is InChI=1S/C5H12N.2CH3.Al/c1-4-5-6(2)3;;;/h1,4-5H2,2-3H3;2*1H3;. The fourth-order valence-corrected chi connectivity index (χ4v) is 1.81. The molecule has 0 heterocycles. The summed E-state index contributed by atoms with van der Waals surface area (Å²) >= 11 is -0.256. The first kappa shape index (κ1) is 9.49. The first-order valence-corrected chi connectivity index (χ1v) is 6.90. The van der Waals surface area contributed by atoms with E-state index in [0.717, 1.165) is 0 Å². The topological polar surface area (TPSA) is 3.24 Å². The largest absolute Gasteiger partial charge is 0.309 e. The highest BCUT2D eigenvalue weighted by atomic mass is 27.2. The van der Waals surface area contributed by atoms with Crippen molar-refractivity contribution in [2.24, 2.45) is 0 Å². The van der Waals surface area contributed by atoms with Gasteiger partial charge in [-0.3, -0.25) is 0 Å². The molecule has 0 saturated carbocycles. The number of rotatable bonds is 4. The van der Waals surface area contributed by atoms with Gasteiger partial charge in [0, 0.05) is 0 Å². The van der Waals surface area contributed by atoms with Crippen LogP contribution < -0.4 is 0 Å². The van der Waals surface area contributed by atoms with E-state index in [4.69, 9.17) is 0 Å². The maximum absolute atomic E-state index is 2.41. The lowest BCUT2D eigenvalue weighted by Crippen LogP contribution is -2.14. The van der Waals surface area contributed by atoms with E-state index in [1.165, 1.54) is 18.2 Å². The predicted octanol–water partition coefficient (Wildman–Crippen LogP) is 1.69. The van der Waals surface area contributed by atoms with Gasteiger partial charge in [-0.1, -0.05) is 11.7 Å². The summed E-state index contributed by atoms with van der Waals surface area (Å²) in [6.07, 6.45) is 1.40. The Bertz CT molecular complexity index is 53.9. The molecule has 0 aliphatic rings. The van der Waals surface area contributed by atoms with Crippen LogP contribution in [0, 0.1) is 0 Å². The van der Waals surface area contributed by atoms with Gasteiger partial charge in [0.25, 0.3) is 14.1 Å².